The second-order valence-electron chi connectivity index (χ2n) is 11.7. The van der Waals surface area contributed by atoms with Crippen LogP contribution in [0.2, 0.25) is 0 Å². The first-order valence-electron chi connectivity index (χ1n) is 13.9. The van der Waals surface area contributed by atoms with Gasteiger partial charge in [0.2, 0.25) is 5.91 Å². The Kier molecular flexibility index (Phi) is 5.63. The number of thiophene rings is 1. The Morgan fingerprint density at radius 1 is 1.21 bits per heavy atom. The molecule has 0 unspecified atom stereocenters. The Hall–Kier alpha value is -3.58. The fourth-order valence-electron chi connectivity index (χ4n) is 7.25. The molecule has 3 aromatic rings. The standard InChI is InChI=1S/C29H30N6O3S/c1-16-9-20(28(38)35-24(16)21(36)11-29(35)7-3-2-4-8-29)33-25-23-19-6-5-18(27(37)34-13-17(12-30)14-34)10-22(19)39-26(23)32-15-31-25/h9,15,17-18H,2-8,10-11,13-14H2,1H3,(H,31,32,33)/t18-/m0/s1. The maximum atomic E-state index is 13.9. The van der Waals surface area contributed by atoms with E-state index in [-0.39, 0.29) is 29.1 Å². The maximum absolute atomic E-state index is 13.9. The number of carbonyl (C=O) groups excluding carboxylic acids is 2. The van der Waals surface area contributed by atoms with Crippen LogP contribution in [-0.4, -0.2) is 44.2 Å². The fourth-order valence-corrected chi connectivity index (χ4v) is 8.51. The minimum Gasteiger partial charge on any atom is -0.340 e. The van der Waals surface area contributed by atoms with Crippen molar-refractivity contribution in [3.8, 4) is 6.07 Å². The van der Waals surface area contributed by atoms with Gasteiger partial charge in [0.25, 0.3) is 5.56 Å². The number of amides is 1. The second kappa shape index (κ2) is 8.98. The minimum atomic E-state index is -0.405. The highest BCUT2D eigenvalue weighted by molar-refractivity contribution is 7.19. The topological polar surface area (TPSA) is 121 Å². The smallest absolute Gasteiger partial charge is 0.275 e. The molecule has 1 atom stereocenters. The summed E-state index contributed by atoms with van der Waals surface area (Å²) in [7, 11) is 0. The van der Waals surface area contributed by atoms with Crippen molar-refractivity contribution in [2.24, 2.45) is 11.8 Å². The van der Waals surface area contributed by atoms with Crippen LogP contribution in [0.3, 0.4) is 0 Å². The van der Waals surface area contributed by atoms with Gasteiger partial charge in [0.05, 0.1) is 28.6 Å². The summed E-state index contributed by atoms with van der Waals surface area (Å²) in [4.78, 5) is 52.8. The SMILES string of the molecule is Cc1cc(Nc2ncnc3sc4c(c23)CC[C@H](C(=O)N2CC(C#N)C2)C4)c(=O)n2c1C(=O)CC21CCCCC1. The van der Waals surface area contributed by atoms with Gasteiger partial charge in [0.1, 0.15) is 22.7 Å². The molecule has 1 N–H and O–H groups in total. The third kappa shape index (κ3) is 3.73. The second-order valence-corrected chi connectivity index (χ2v) is 12.7. The van der Waals surface area contributed by atoms with E-state index in [1.54, 1.807) is 26.9 Å². The van der Waals surface area contributed by atoms with Crippen molar-refractivity contribution in [3.05, 3.63) is 44.4 Å². The molecule has 200 valence electrons. The van der Waals surface area contributed by atoms with E-state index >= 15 is 0 Å². The molecule has 5 heterocycles. The molecule has 1 saturated heterocycles. The Morgan fingerprint density at radius 2 is 2.00 bits per heavy atom. The van der Waals surface area contributed by atoms with E-state index in [1.807, 2.05) is 6.92 Å². The van der Waals surface area contributed by atoms with Crippen molar-refractivity contribution < 1.29 is 9.59 Å². The van der Waals surface area contributed by atoms with Crippen molar-refractivity contribution in [3.63, 3.8) is 0 Å². The number of carbonyl (C=O) groups is 2. The Bertz CT molecular complexity index is 1640. The summed E-state index contributed by atoms with van der Waals surface area (Å²) in [5.41, 5.74) is 2.40. The molecule has 0 bridgehead atoms. The van der Waals surface area contributed by atoms with Crippen molar-refractivity contribution in [1.82, 2.24) is 19.4 Å². The number of anilines is 2. The number of nitriles is 1. The third-order valence-corrected chi connectivity index (χ3v) is 10.4. The predicted octanol–water partition coefficient (Wildman–Crippen LogP) is 4.24. The van der Waals surface area contributed by atoms with Crippen LogP contribution in [0.15, 0.2) is 17.2 Å². The van der Waals surface area contributed by atoms with E-state index < -0.39 is 5.54 Å². The highest BCUT2D eigenvalue weighted by Gasteiger charge is 2.45. The summed E-state index contributed by atoms with van der Waals surface area (Å²) in [6, 6.07) is 4.02. The summed E-state index contributed by atoms with van der Waals surface area (Å²) in [6.45, 7) is 2.98. The average molecular weight is 543 g/mol. The monoisotopic (exact) mass is 542 g/mol. The normalized spacial score (nSPS) is 21.9. The molecule has 1 spiro atoms. The van der Waals surface area contributed by atoms with E-state index in [0.29, 0.717) is 43.1 Å². The molecule has 2 aliphatic carbocycles. The highest BCUT2D eigenvalue weighted by Crippen LogP contribution is 2.44. The van der Waals surface area contributed by atoms with Crippen LogP contribution >= 0.6 is 11.3 Å². The molecule has 2 aliphatic heterocycles. The number of likely N-dealkylation sites (tertiary alicyclic amines) is 1. The van der Waals surface area contributed by atoms with Crippen LogP contribution in [-0.2, 0) is 23.2 Å². The van der Waals surface area contributed by atoms with Gasteiger partial charge in [-0.3, -0.25) is 19.0 Å². The summed E-state index contributed by atoms with van der Waals surface area (Å²) >= 11 is 1.59. The summed E-state index contributed by atoms with van der Waals surface area (Å²) in [6.07, 6.45) is 8.99. The predicted molar refractivity (Wildman–Crippen MR) is 147 cm³/mol. The van der Waals surface area contributed by atoms with Crippen molar-refractivity contribution in [2.75, 3.05) is 18.4 Å². The van der Waals surface area contributed by atoms with Crippen LogP contribution in [0.4, 0.5) is 11.5 Å². The number of rotatable bonds is 3. The van der Waals surface area contributed by atoms with Gasteiger partial charge in [-0.15, -0.1) is 11.3 Å². The van der Waals surface area contributed by atoms with E-state index in [9.17, 15) is 14.4 Å². The molecule has 1 saturated carbocycles. The molecule has 9 nitrogen and oxygen atoms in total. The number of pyridine rings is 1. The average Bonchev–Trinajstić information content (AvgIpc) is 3.41. The van der Waals surface area contributed by atoms with E-state index in [2.05, 4.69) is 21.4 Å². The van der Waals surface area contributed by atoms with Gasteiger partial charge < -0.3 is 10.2 Å². The first-order valence-corrected chi connectivity index (χ1v) is 14.7. The van der Waals surface area contributed by atoms with Gasteiger partial charge in [-0.1, -0.05) is 19.3 Å². The largest absolute Gasteiger partial charge is 0.340 e. The minimum absolute atomic E-state index is 0.0423. The number of nitrogens with one attached hydrogen (secondary N) is 1. The van der Waals surface area contributed by atoms with Gasteiger partial charge in [0, 0.05) is 30.3 Å². The molecule has 7 rings (SSSR count). The molecule has 2 fully saturated rings. The van der Waals surface area contributed by atoms with Gasteiger partial charge in [-0.25, -0.2) is 9.97 Å². The van der Waals surface area contributed by atoms with E-state index in [0.717, 1.165) is 71.2 Å². The lowest BCUT2D eigenvalue weighted by atomic mass is 9.80. The van der Waals surface area contributed by atoms with Gasteiger partial charge in [-0.2, -0.15) is 5.26 Å². The van der Waals surface area contributed by atoms with Crippen LogP contribution in [0.5, 0.6) is 0 Å². The number of fused-ring (bicyclic) bond motifs is 5. The lowest BCUT2D eigenvalue weighted by Crippen LogP contribution is -2.52. The lowest BCUT2D eigenvalue weighted by molar-refractivity contribution is -0.141. The summed E-state index contributed by atoms with van der Waals surface area (Å²) in [5, 5.41) is 13.3. The fraction of sp³-hybridized carbons (Fsp3) is 0.517. The third-order valence-electron chi connectivity index (χ3n) is 9.23. The maximum Gasteiger partial charge on any atom is 0.275 e. The number of hydrogen-bond acceptors (Lipinski definition) is 8. The van der Waals surface area contributed by atoms with Gasteiger partial charge >= 0.3 is 0 Å². The molecule has 4 aliphatic rings. The highest BCUT2D eigenvalue weighted by atomic mass is 32.1. The summed E-state index contributed by atoms with van der Waals surface area (Å²) < 4.78 is 1.80. The zero-order valence-corrected chi connectivity index (χ0v) is 22.8. The molecule has 1 amide bonds. The van der Waals surface area contributed by atoms with E-state index in [1.165, 1.54) is 6.33 Å². The summed E-state index contributed by atoms with van der Waals surface area (Å²) in [5.74, 6) is 0.685. The molecule has 10 heteroatoms. The lowest BCUT2D eigenvalue weighted by Gasteiger charge is -2.38. The number of nitrogens with zero attached hydrogens (tertiary/aromatic N) is 5. The zero-order valence-electron chi connectivity index (χ0n) is 22.0. The Morgan fingerprint density at radius 3 is 2.77 bits per heavy atom. The van der Waals surface area contributed by atoms with Crippen LogP contribution in [0, 0.1) is 30.1 Å². The van der Waals surface area contributed by atoms with E-state index in [4.69, 9.17) is 5.26 Å². The number of aromatic nitrogens is 3. The van der Waals surface area contributed by atoms with Crippen molar-refractivity contribution in [2.45, 2.75) is 70.3 Å². The zero-order chi connectivity index (χ0) is 26.9. The van der Waals surface area contributed by atoms with Crippen LogP contribution < -0.4 is 10.9 Å². The molecular weight excluding hydrogens is 512 g/mol. The number of Topliss-reactive ketones (excluding diaryl/α,β-unsaturated/α-hetero) is 1. The first kappa shape index (κ1) is 24.5. The Labute approximate surface area is 229 Å². The van der Waals surface area contributed by atoms with Crippen LogP contribution in [0.1, 0.15) is 71.4 Å². The molecule has 39 heavy (non-hydrogen) atoms. The quantitative estimate of drug-likeness (QED) is 0.526. The molecule has 0 radical (unpaired) electrons. The number of aryl methyl sites for hydroxylation is 2. The Balaban J connectivity index is 1.22. The number of ketones is 1. The van der Waals surface area contributed by atoms with Gasteiger partial charge in [0.15, 0.2) is 5.78 Å². The van der Waals surface area contributed by atoms with Crippen molar-refractivity contribution >= 4 is 44.7 Å². The number of hydrogen-bond donors (Lipinski definition) is 1. The van der Waals surface area contributed by atoms with Gasteiger partial charge in [-0.05, 0) is 56.2 Å². The molecule has 3 aromatic heterocycles. The first-order chi connectivity index (χ1) is 18.9. The molecular formula is C29H30N6O3S. The molecule has 0 aromatic carbocycles. The van der Waals surface area contributed by atoms with Crippen molar-refractivity contribution in [1.29, 1.82) is 5.26 Å². The van der Waals surface area contributed by atoms with Crippen LogP contribution in [0.25, 0.3) is 10.2 Å².